The zero-order chi connectivity index (χ0) is 19.2. The molecule has 0 bridgehead atoms. The van der Waals surface area contributed by atoms with Crippen LogP contribution >= 0.6 is 11.6 Å². The number of carbonyl (C=O) groups is 2. The van der Waals surface area contributed by atoms with Gasteiger partial charge < -0.3 is 14.5 Å². The standard InChI is InChI=1S/C21H23ClN2O3/c1-23(14-15-27-19-7-3-2-6-18(19)22)21(26)16-9-11-17(12-10-16)24-13-5-4-8-20(24)25/h2-3,6-7,9-12H,4-5,8,13-15H2,1H3. The first kappa shape index (κ1) is 19.2. The van der Waals surface area contributed by atoms with E-state index in [1.54, 1.807) is 41.1 Å². The summed E-state index contributed by atoms with van der Waals surface area (Å²) in [6, 6.07) is 14.5. The molecule has 0 atom stereocenters. The molecule has 0 spiro atoms. The van der Waals surface area contributed by atoms with E-state index in [-0.39, 0.29) is 11.8 Å². The minimum absolute atomic E-state index is 0.0886. The SMILES string of the molecule is CN(CCOc1ccccc1Cl)C(=O)c1ccc(N2CCCCC2=O)cc1. The molecule has 1 aliphatic heterocycles. The molecule has 1 saturated heterocycles. The number of amides is 2. The lowest BCUT2D eigenvalue weighted by molar-refractivity contribution is -0.119. The number of para-hydroxylation sites is 1. The van der Waals surface area contributed by atoms with Crippen molar-refractivity contribution in [2.24, 2.45) is 0 Å². The lowest BCUT2D eigenvalue weighted by Crippen LogP contribution is -2.35. The molecule has 2 amide bonds. The van der Waals surface area contributed by atoms with E-state index in [1.807, 2.05) is 24.3 Å². The molecule has 1 heterocycles. The highest BCUT2D eigenvalue weighted by Gasteiger charge is 2.20. The molecule has 3 rings (SSSR count). The second kappa shape index (κ2) is 8.91. The number of ether oxygens (including phenoxy) is 1. The molecule has 0 N–H and O–H groups in total. The minimum Gasteiger partial charge on any atom is -0.490 e. The molecule has 0 aromatic heterocycles. The molecular formula is C21H23ClN2O3. The van der Waals surface area contributed by atoms with Gasteiger partial charge in [0.25, 0.3) is 5.91 Å². The molecule has 1 aliphatic rings. The van der Waals surface area contributed by atoms with Crippen LogP contribution < -0.4 is 9.64 Å². The normalized spacial score (nSPS) is 14.1. The van der Waals surface area contributed by atoms with Crippen LogP contribution in [0.4, 0.5) is 5.69 Å². The molecule has 5 nitrogen and oxygen atoms in total. The Balaban J connectivity index is 1.55. The molecule has 2 aromatic carbocycles. The van der Waals surface area contributed by atoms with Crippen LogP contribution in [-0.2, 0) is 4.79 Å². The van der Waals surface area contributed by atoms with Crippen molar-refractivity contribution in [1.82, 2.24) is 4.90 Å². The van der Waals surface area contributed by atoms with Gasteiger partial charge in [-0.2, -0.15) is 0 Å². The summed E-state index contributed by atoms with van der Waals surface area (Å²) in [5.41, 5.74) is 1.43. The summed E-state index contributed by atoms with van der Waals surface area (Å²) in [6.07, 6.45) is 2.56. The predicted octanol–water partition coefficient (Wildman–Crippen LogP) is 4.01. The van der Waals surface area contributed by atoms with Crippen molar-refractivity contribution in [2.45, 2.75) is 19.3 Å². The van der Waals surface area contributed by atoms with E-state index in [0.717, 1.165) is 25.1 Å². The average Bonchev–Trinajstić information content (AvgIpc) is 2.69. The summed E-state index contributed by atoms with van der Waals surface area (Å²) in [6.45, 7) is 1.54. The topological polar surface area (TPSA) is 49.9 Å². The summed E-state index contributed by atoms with van der Waals surface area (Å²) in [5, 5.41) is 0.550. The molecule has 2 aromatic rings. The number of rotatable bonds is 6. The first-order chi connectivity index (χ1) is 13.1. The Hall–Kier alpha value is -2.53. The Morgan fingerprint density at radius 3 is 2.59 bits per heavy atom. The van der Waals surface area contributed by atoms with Crippen molar-refractivity contribution in [3.8, 4) is 5.75 Å². The third kappa shape index (κ3) is 4.80. The maximum absolute atomic E-state index is 12.6. The lowest BCUT2D eigenvalue weighted by atomic mass is 10.1. The van der Waals surface area contributed by atoms with Gasteiger partial charge in [0.15, 0.2) is 0 Å². The largest absolute Gasteiger partial charge is 0.490 e. The van der Waals surface area contributed by atoms with Crippen molar-refractivity contribution in [3.05, 3.63) is 59.1 Å². The van der Waals surface area contributed by atoms with Crippen LogP contribution in [0, 0.1) is 0 Å². The van der Waals surface area contributed by atoms with E-state index < -0.39 is 0 Å². The molecular weight excluding hydrogens is 364 g/mol. The Bertz CT molecular complexity index is 807. The minimum atomic E-state index is -0.0886. The van der Waals surface area contributed by atoms with Crippen LogP contribution in [-0.4, -0.2) is 43.5 Å². The van der Waals surface area contributed by atoms with Crippen molar-refractivity contribution in [3.63, 3.8) is 0 Å². The monoisotopic (exact) mass is 386 g/mol. The highest BCUT2D eigenvalue weighted by Crippen LogP contribution is 2.23. The molecule has 0 radical (unpaired) electrons. The van der Waals surface area contributed by atoms with Crippen molar-refractivity contribution >= 4 is 29.1 Å². The third-order valence-electron chi connectivity index (χ3n) is 4.62. The van der Waals surface area contributed by atoms with Crippen LogP contribution in [0.15, 0.2) is 48.5 Å². The van der Waals surface area contributed by atoms with Gasteiger partial charge in [0.05, 0.1) is 11.6 Å². The summed E-state index contributed by atoms with van der Waals surface area (Å²) in [5.74, 6) is 0.666. The lowest BCUT2D eigenvalue weighted by Gasteiger charge is -2.27. The second-order valence-electron chi connectivity index (χ2n) is 6.55. The van der Waals surface area contributed by atoms with Crippen LogP contribution in [0.2, 0.25) is 5.02 Å². The Morgan fingerprint density at radius 1 is 1.15 bits per heavy atom. The zero-order valence-electron chi connectivity index (χ0n) is 15.4. The van der Waals surface area contributed by atoms with Gasteiger partial charge in [-0.1, -0.05) is 23.7 Å². The van der Waals surface area contributed by atoms with Crippen LogP contribution in [0.1, 0.15) is 29.6 Å². The number of benzene rings is 2. The van der Waals surface area contributed by atoms with E-state index in [9.17, 15) is 9.59 Å². The smallest absolute Gasteiger partial charge is 0.253 e. The highest BCUT2D eigenvalue weighted by atomic mass is 35.5. The first-order valence-corrected chi connectivity index (χ1v) is 9.47. The molecule has 0 saturated carbocycles. The molecule has 6 heteroatoms. The second-order valence-corrected chi connectivity index (χ2v) is 6.96. The van der Waals surface area contributed by atoms with Crippen molar-refractivity contribution in [1.29, 1.82) is 0 Å². The maximum atomic E-state index is 12.6. The van der Waals surface area contributed by atoms with Crippen molar-refractivity contribution in [2.75, 3.05) is 31.6 Å². The van der Waals surface area contributed by atoms with Gasteiger partial charge in [-0.25, -0.2) is 0 Å². The average molecular weight is 387 g/mol. The number of hydrogen-bond acceptors (Lipinski definition) is 3. The number of hydrogen-bond donors (Lipinski definition) is 0. The highest BCUT2D eigenvalue weighted by molar-refractivity contribution is 6.32. The van der Waals surface area contributed by atoms with Gasteiger partial charge >= 0.3 is 0 Å². The summed E-state index contributed by atoms with van der Waals surface area (Å²) < 4.78 is 5.63. The number of nitrogens with zero attached hydrogens (tertiary/aromatic N) is 2. The van der Waals surface area contributed by atoms with E-state index in [0.29, 0.717) is 35.9 Å². The number of piperidine rings is 1. The Morgan fingerprint density at radius 2 is 1.89 bits per heavy atom. The van der Waals surface area contributed by atoms with E-state index in [2.05, 4.69) is 0 Å². The molecule has 27 heavy (non-hydrogen) atoms. The molecule has 0 unspecified atom stereocenters. The number of likely N-dealkylation sites (N-methyl/N-ethyl adjacent to an activating group) is 1. The number of anilines is 1. The Kier molecular flexibility index (Phi) is 6.35. The fraction of sp³-hybridized carbons (Fsp3) is 0.333. The van der Waals surface area contributed by atoms with Crippen LogP contribution in [0.25, 0.3) is 0 Å². The van der Waals surface area contributed by atoms with E-state index in [1.165, 1.54) is 0 Å². The first-order valence-electron chi connectivity index (χ1n) is 9.09. The predicted molar refractivity (Wildman–Crippen MR) is 107 cm³/mol. The third-order valence-corrected chi connectivity index (χ3v) is 4.93. The number of carbonyl (C=O) groups excluding carboxylic acids is 2. The summed E-state index contributed by atoms with van der Waals surface area (Å²) in [7, 11) is 1.74. The number of halogens is 1. The maximum Gasteiger partial charge on any atom is 0.253 e. The van der Waals surface area contributed by atoms with Gasteiger partial charge in [-0.15, -0.1) is 0 Å². The van der Waals surface area contributed by atoms with Gasteiger partial charge in [0.1, 0.15) is 12.4 Å². The van der Waals surface area contributed by atoms with Crippen molar-refractivity contribution < 1.29 is 14.3 Å². The zero-order valence-corrected chi connectivity index (χ0v) is 16.1. The summed E-state index contributed by atoms with van der Waals surface area (Å²) >= 11 is 6.05. The Labute approximate surface area is 164 Å². The van der Waals surface area contributed by atoms with Crippen LogP contribution in [0.3, 0.4) is 0 Å². The molecule has 0 aliphatic carbocycles. The van der Waals surface area contributed by atoms with Gasteiger partial charge in [-0.05, 0) is 49.2 Å². The molecule has 142 valence electrons. The van der Waals surface area contributed by atoms with Crippen LogP contribution in [0.5, 0.6) is 5.75 Å². The fourth-order valence-electron chi connectivity index (χ4n) is 3.04. The van der Waals surface area contributed by atoms with Gasteiger partial charge in [-0.3, -0.25) is 9.59 Å². The molecule has 1 fully saturated rings. The quantitative estimate of drug-likeness (QED) is 0.753. The summed E-state index contributed by atoms with van der Waals surface area (Å²) in [4.78, 5) is 28.0. The van der Waals surface area contributed by atoms with E-state index >= 15 is 0 Å². The van der Waals surface area contributed by atoms with Gasteiger partial charge in [0.2, 0.25) is 5.91 Å². The fourth-order valence-corrected chi connectivity index (χ4v) is 3.23. The van der Waals surface area contributed by atoms with Gasteiger partial charge in [0, 0.05) is 31.3 Å². The van der Waals surface area contributed by atoms with E-state index in [4.69, 9.17) is 16.3 Å².